The van der Waals surface area contributed by atoms with Gasteiger partial charge in [0.25, 0.3) is 0 Å². The summed E-state index contributed by atoms with van der Waals surface area (Å²) >= 11 is 1.30. The maximum atomic E-state index is 12.3. The Hall–Kier alpha value is -2.02. The SMILES string of the molecule is CCc1ccc(NC(=O)[C@@H](C)Sc2n[nH]c(=O)n2C2CC2)cc1. The Labute approximate surface area is 138 Å². The summed E-state index contributed by atoms with van der Waals surface area (Å²) in [5.74, 6) is -0.1000. The van der Waals surface area contributed by atoms with Crippen LogP contribution in [0.4, 0.5) is 5.69 Å². The minimum atomic E-state index is -0.339. The molecule has 2 aromatic rings. The largest absolute Gasteiger partial charge is 0.344 e. The molecule has 1 aliphatic carbocycles. The summed E-state index contributed by atoms with van der Waals surface area (Å²) in [6.07, 6.45) is 2.97. The lowest BCUT2D eigenvalue weighted by molar-refractivity contribution is -0.115. The summed E-state index contributed by atoms with van der Waals surface area (Å²) in [5.41, 5.74) is 1.81. The van der Waals surface area contributed by atoms with Crippen molar-refractivity contribution in [2.24, 2.45) is 0 Å². The molecule has 0 aliphatic heterocycles. The molecule has 122 valence electrons. The van der Waals surface area contributed by atoms with Crippen molar-refractivity contribution in [3.63, 3.8) is 0 Å². The number of aromatic nitrogens is 3. The number of anilines is 1. The van der Waals surface area contributed by atoms with E-state index in [2.05, 4.69) is 22.4 Å². The minimum Gasteiger partial charge on any atom is -0.325 e. The molecular formula is C16H20N4O2S. The third-order valence-electron chi connectivity index (χ3n) is 3.87. The Morgan fingerprint density at radius 2 is 2.13 bits per heavy atom. The maximum Gasteiger partial charge on any atom is 0.344 e. The second-order valence-corrected chi connectivity index (χ2v) is 7.02. The van der Waals surface area contributed by atoms with Crippen LogP contribution in [0, 0.1) is 0 Å². The van der Waals surface area contributed by atoms with E-state index in [1.54, 1.807) is 4.57 Å². The summed E-state index contributed by atoms with van der Waals surface area (Å²) in [4.78, 5) is 24.1. The van der Waals surface area contributed by atoms with Crippen molar-refractivity contribution in [2.75, 3.05) is 5.32 Å². The molecule has 1 aliphatic rings. The van der Waals surface area contributed by atoms with E-state index in [-0.39, 0.29) is 22.9 Å². The molecule has 0 spiro atoms. The summed E-state index contributed by atoms with van der Waals surface area (Å²) in [6.45, 7) is 3.91. The Kier molecular flexibility index (Phi) is 4.56. The highest BCUT2D eigenvalue weighted by atomic mass is 32.2. The molecule has 0 saturated heterocycles. The quantitative estimate of drug-likeness (QED) is 0.797. The van der Waals surface area contributed by atoms with Gasteiger partial charge in [-0.1, -0.05) is 30.8 Å². The lowest BCUT2D eigenvalue weighted by atomic mass is 10.1. The molecule has 2 N–H and O–H groups in total. The molecule has 7 heteroatoms. The number of aromatic amines is 1. The summed E-state index contributed by atoms with van der Waals surface area (Å²) in [5, 5.41) is 9.65. The average molecular weight is 332 g/mol. The van der Waals surface area contributed by atoms with Crippen LogP contribution in [-0.2, 0) is 11.2 Å². The van der Waals surface area contributed by atoms with Gasteiger partial charge in [0.15, 0.2) is 5.16 Å². The van der Waals surface area contributed by atoms with Gasteiger partial charge in [-0.05, 0) is 43.9 Å². The number of nitrogens with one attached hydrogen (secondary N) is 2. The van der Waals surface area contributed by atoms with Crippen molar-refractivity contribution >= 4 is 23.4 Å². The van der Waals surface area contributed by atoms with Gasteiger partial charge in [0.2, 0.25) is 5.91 Å². The van der Waals surface area contributed by atoms with Gasteiger partial charge in [0.05, 0.1) is 5.25 Å². The normalized spacial score (nSPS) is 15.4. The van der Waals surface area contributed by atoms with Crippen LogP contribution in [0.3, 0.4) is 0 Å². The molecular weight excluding hydrogens is 312 g/mol. The van der Waals surface area contributed by atoms with E-state index < -0.39 is 0 Å². The highest BCUT2D eigenvalue weighted by Crippen LogP contribution is 2.36. The van der Waals surface area contributed by atoms with Crippen LogP contribution in [0.1, 0.15) is 38.3 Å². The zero-order valence-corrected chi connectivity index (χ0v) is 14.0. The van der Waals surface area contributed by atoms with E-state index in [4.69, 9.17) is 0 Å². The Bertz CT molecular complexity index is 746. The predicted molar refractivity (Wildman–Crippen MR) is 90.9 cm³/mol. The third kappa shape index (κ3) is 3.67. The van der Waals surface area contributed by atoms with Crippen molar-refractivity contribution in [3.8, 4) is 0 Å². The van der Waals surface area contributed by atoms with Crippen LogP contribution in [0.2, 0.25) is 0 Å². The number of hydrogen-bond acceptors (Lipinski definition) is 4. The number of rotatable bonds is 6. The van der Waals surface area contributed by atoms with E-state index in [0.29, 0.717) is 5.16 Å². The number of amides is 1. The zero-order chi connectivity index (χ0) is 16.4. The van der Waals surface area contributed by atoms with Gasteiger partial charge >= 0.3 is 5.69 Å². The highest BCUT2D eigenvalue weighted by Gasteiger charge is 2.30. The van der Waals surface area contributed by atoms with Crippen molar-refractivity contribution < 1.29 is 4.79 Å². The first-order chi connectivity index (χ1) is 11.1. The zero-order valence-electron chi connectivity index (χ0n) is 13.2. The van der Waals surface area contributed by atoms with Crippen LogP contribution >= 0.6 is 11.8 Å². The lowest BCUT2D eigenvalue weighted by Gasteiger charge is -2.12. The molecule has 6 nitrogen and oxygen atoms in total. The highest BCUT2D eigenvalue weighted by molar-refractivity contribution is 8.00. The number of benzene rings is 1. The standard InChI is InChI=1S/C16H20N4O2S/c1-3-11-4-6-12(7-5-11)17-14(21)10(2)23-16-19-18-15(22)20(16)13-8-9-13/h4-7,10,13H,3,8-9H2,1-2H3,(H,17,21)(H,18,22)/t10-/m1/s1. The molecule has 0 unspecified atom stereocenters. The van der Waals surface area contributed by atoms with Gasteiger partial charge in [-0.15, -0.1) is 5.10 Å². The van der Waals surface area contributed by atoms with Crippen LogP contribution < -0.4 is 11.0 Å². The molecule has 1 heterocycles. The number of H-pyrrole nitrogens is 1. The lowest BCUT2D eigenvalue weighted by Crippen LogP contribution is -2.23. The molecule has 1 atom stereocenters. The molecule has 23 heavy (non-hydrogen) atoms. The molecule has 1 aromatic heterocycles. The first-order valence-corrected chi connectivity index (χ1v) is 8.69. The van der Waals surface area contributed by atoms with Crippen molar-refractivity contribution in [1.82, 2.24) is 14.8 Å². The molecule has 1 aromatic carbocycles. The Balaban J connectivity index is 1.64. The van der Waals surface area contributed by atoms with E-state index in [1.165, 1.54) is 17.3 Å². The maximum absolute atomic E-state index is 12.3. The van der Waals surface area contributed by atoms with Gasteiger partial charge in [-0.25, -0.2) is 9.89 Å². The van der Waals surface area contributed by atoms with E-state index in [0.717, 1.165) is 24.9 Å². The molecule has 0 bridgehead atoms. The first kappa shape index (κ1) is 15.9. The predicted octanol–water partition coefficient (Wildman–Crippen LogP) is 2.59. The smallest absolute Gasteiger partial charge is 0.325 e. The summed E-state index contributed by atoms with van der Waals surface area (Å²) in [6, 6.07) is 8.06. The van der Waals surface area contributed by atoms with Crippen LogP contribution in [0.5, 0.6) is 0 Å². The van der Waals surface area contributed by atoms with Crippen molar-refractivity contribution in [1.29, 1.82) is 0 Å². The van der Waals surface area contributed by atoms with Crippen molar-refractivity contribution in [3.05, 3.63) is 40.3 Å². The molecule has 0 radical (unpaired) electrons. The van der Waals surface area contributed by atoms with Gasteiger partial charge < -0.3 is 5.32 Å². The fourth-order valence-electron chi connectivity index (χ4n) is 2.31. The van der Waals surface area contributed by atoms with E-state index in [1.807, 2.05) is 31.2 Å². The summed E-state index contributed by atoms with van der Waals surface area (Å²) < 4.78 is 1.66. The third-order valence-corrected chi connectivity index (χ3v) is 4.93. The number of aryl methyl sites for hydroxylation is 1. The minimum absolute atomic E-state index is 0.1000. The molecule has 1 amide bonds. The number of nitrogens with zero attached hydrogens (tertiary/aromatic N) is 2. The molecule has 1 fully saturated rings. The number of carbonyl (C=O) groups is 1. The first-order valence-electron chi connectivity index (χ1n) is 7.82. The summed E-state index contributed by atoms with van der Waals surface area (Å²) in [7, 11) is 0. The van der Waals surface area contributed by atoms with Gasteiger partial charge in [-0.3, -0.25) is 9.36 Å². The van der Waals surface area contributed by atoms with Gasteiger partial charge in [0.1, 0.15) is 0 Å². The van der Waals surface area contributed by atoms with Gasteiger partial charge in [0, 0.05) is 11.7 Å². The number of carbonyl (C=O) groups excluding carboxylic acids is 1. The van der Waals surface area contributed by atoms with E-state index in [9.17, 15) is 9.59 Å². The molecule has 3 rings (SSSR count). The topological polar surface area (TPSA) is 79.8 Å². The van der Waals surface area contributed by atoms with Crippen molar-refractivity contribution in [2.45, 2.75) is 49.6 Å². The molecule has 1 saturated carbocycles. The number of thioether (sulfide) groups is 1. The van der Waals surface area contributed by atoms with Crippen LogP contribution in [0.15, 0.2) is 34.2 Å². The Morgan fingerprint density at radius 1 is 1.43 bits per heavy atom. The average Bonchev–Trinajstić information content (AvgIpc) is 3.32. The Morgan fingerprint density at radius 3 is 2.74 bits per heavy atom. The monoisotopic (exact) mass is 332 g/mol. The fourth-order valence-corrected chi connectivity index (χ4v) is 3.23. The fraction of sp³-hybridized carbons (Fsp3) is 0.438. The van der Waals surface area contributed by atoms with Crippen LogP contribution in [-0.4, -0.2) is 25.9 Å². The second-order valence-electron chi connectivity index (χ2n) is 5.71. The van der Waals surface area contributed by atoms with Gasteiger partial charge in [-0.2, -0.15) is 0 Å². The van der Waals surface area contributed by atoms with Crippen LogP contribution in [0.25, 0.3) is 0 Å². The van der Waals surface area contributed by atoms with E-state index >= 15 is 0 Å². The number of hydrogen-bond donors (Lipinski definition) is 2. The second kappa shape index (κ2) is 6.62.